The van der Waals surface area contributed by atoms with Crippen LogP contribution in [-0.2, 0) is 0 Å². The summed E-state index contributed by atoms with van der Waals surface area (Å²) in [5.41, 5.74) is 0.847. The maximum absolute atomic E-state index is 12.3. The topological polar surface area (TPSA) is 63.2 Å². The molecular weight excluding hydrogens is 345 g/mol. The van der Waals surface area contributed by atoms with Gasteiger partial charge in [-0.05, 0) is 36.5 Å². The van der Waals surface area contributed by atoms with E-state index >= 15 is 0 Å². The second-order valence-corrected chi connectivity index (χ2v) is 5.37. The molecule has 0 aliphatic carbocycles. The summed E-state index contributed by atoms with van der Waals surface area (Å²) in [7, 11) is 1.41. The van der Waals surface area contributed by atoms with E-state index in [1.165, 1.54) is 19.2 Å². The molecule has 1 amide bonds. The average Bonchev–Trinajstić information content (AvgIpc) is 2.47. The van der Waals surface area contributed by atoms with Crippen molar-refractivity contribution in [2.24, 2.45) is 0 Å². The second-order valence-electron chi connectivity index (χ2n) is 4.12. The summed E-state index contributed by atoms with van der Waals surface area (Å²) in [6, 6.07) is 6.45. The highest BCUT2D eigenvalue weighted by Crippen LogP contribution is 2.32. The Kier molecular flexibility index (Phi) is 5.54. The molecule has 2 rings (SSSR count). The van der Waals surface area contributed by atoms with Gasteiger partial charge in [0.05, 0.1) is 29.6 Å². The summed E-state index contributed by atoms with van der Waals surface area (Å²) < 4.78 is 5.13. The number of pyridine rings is 1. The molecule has 2 N–H and O–H groups in total. The lowest BCUT2D eigenvalue weighted by molar-refractivity contribution is 0.0975. The first-order chi connectivity index (χ1) is 10.5. The third-order valence-electron chi connectivity index (χ3n) is 2.60. The van der Waals surface area contributed by atoms with Gasteiger partial charge in [-0.15, -0.1) is 0 Å². The van der Waals surface area contributed by atoms with Crippen LogP contribution in [0.25, 0.3) is 0 Å². The number of nitrogens with zero attached hydrogens (tertiary/aromatic N) is 1. The largest absolute Gasteiger partial charge is 0.494 e. The maximum Gasteiger partial charge on any atom is 0.261 e. The van der Waals surface area contributed by atoms with E-state index in [1.54, 1.807) is 24.5 Å². The quantitative estimate of drug-likeness (QED) is 0.824. The number of aromatic nitrogens is 1. The number of amides is 1. The highest BCUT2D eigenvalue weighted by Gasteiger charge is 2.17. The minimum atomic E-state index is -0.484. The number of hydrogen-bond acceptors (Lipinski definition) is 4. The Morgan fingerprint density at radius 1 is 1.36 bits per heavy atom. The van der Waals surface area contributed by atoms with Crippen LogP contribution in [0, 0.1) is 0 Å². The van der Waals surface area contributed by atoms with Gasteiger partial charge < -0.3 is 10.1 Å². The van der Waals surface area contributed by atoms with Crippen LogP contribution in [0.1, 0.15) is 10.4 Å². The molecule has 1 heterocycles. The third kappa shape index (κ3) is 4.07. The number of carbonyl (C=O) groups is 1. The van der Waals surface area contributed by atoms with Crippen LogP contribution >= 0.6 is 35.4 Å². The Labute approximate surface area is 142 Å². The molecule has 1 aromatic carbocycles. The summed E-state index contributed by atoms with van der Waals surface area (Å²) in [5.74, 6) is -0.254. The van der Waals surface area contributed by atoms with Crippen molar-refractivity contribution < 1.29 is 9.53 Å². The molecular formula is C14H11Cl2N3O2S. The highest BCUT2D eigenvalue weighted by molar-refractivity contribution is 7.80. The smallest absolute Gasteiger partial charge is 0.261 e. The Balaban J connectivity index is 2.14. The van der Waals surface area contributed by atoms with Crippen molar-refractivity contribution in [1.82, 2.24) is 10.3 Å². The van der Waals surface area contributed by atoms with Crippen LogP contribution in [0.4, 0.5) is 5.69 Å². The van der Waals surface area contributed by atoms with Gasteiger partial charge in [0.2, 0.25) is 0 Å². The third-order valence-corrected chi connectivity index (χ3v) is 3.31. The lowest BCUT2D eigenvalue weighted by Crippen LogP contribution is -2.34. The number of carbonyl (C=O) groups excluding carboxylic acids is 1. The molecule has 0 unspecified atom stereocenters. The predicted molar refractivity (Wildman–Crippen MR) is 90.9 cm³/mol. The normalized spacial score (nSPS) is 9.95. The van der Waals surface area contributed by atoms with Crippen molar-refractivity contribution in [2.75, 3.05) is 12.4 Å². The molecule has 0 saturated carbocycles. The highest BCUT2D eigenvalue weighted by atomic mass is 35.5. The van der Waals surface area contributed by atoms with Crippen molar-refractivity contribution in [2.45, 2.75) is 0 Å². The summed E-state index contributed by atoms with van der Waals surface area (Å²) in [6.07, 6.45) is 3.21. The van der Waals surface area contributed by atoms with Crippen LogP contribution in [0.15, 0.2) is 36.7 Å². The molecule has 22 heavy (non-hydrogen) atoms. The molecule has 1 aromatic heterocycles. The molecule has 0 aliphatic rings. The number of halogens is 2. The molecule has 0 aliphatic heterocycles. The lowest BCUT2D eigenvalue weighted by Gasteiger charge is -2.12. The molecule has 0 bridgehead atoms. The van der Waals surface area contributed by atoms with E-state index in [0.717, 1.165) is 0 Å². The molecule has 2 aromatic rings. The van der Waals surface area contributed by atoms with Crippen molar-refractivity contribution in [3.05, 3.63) is 52.3 Å². The lowest BCUT2D eigenvalue weighted by atomic mass is 10.2. The van der Waals surface area contributed by atoms with E-state index in [-0.39, 0.29) is 21.4 Å². The standard InChI is InChI=1S/C14H11Cl2N3O2S/c1-21-12-10(5-8(15)6-11(12)16)13(20)19-14(22)18-9-3-2-4-17-7-9/h2-7H,1H3,(H2,18,19,20,22). The SMILES string of the molecule is COc1c(Cl)cc(Cl)cc1C(=O)NC(=S)Nc1cccnc1. The fraction of sp³-hybridized carbons (Fsp3) is 0.0714. The first-order valence-corrected chi connectivity index (χ1v) is 7.23. The van der Waals surface area contributed by atoms with Crippen LogP contribution in [-0.4, -0.2) is 23.1 Å². The number of ether oxygens (including phenoxy) is 1. The molecule has 0 saturated heterocycles. The summed E-state index contributed by atoms with van der Waals surface area (Å²) >= 11 is 17.0. The number of nitrogens with one attached hydrogen (secondary N) is 2. The first kappa shape index (κ1) is 16.5. The molecule has 5 nitrogen and oxygen atoms in total. The predicted octanol–water partition coefficient (Wildman–Crippen LogP) is 3.52. The van der Waals surface area contributed by atoms with Crippen LogP contribution in [0.2, 0.25) is 10.0 Å². The van der Waals surface area contributed by atoms with Crippen LogP contribution in [0.3, 0.4) is 0 Å². The Bertz CT molecular complexity index is 711. The number of benzene rings is 1. The van der Waals surface area contributed by atoms with Gasteiger partial charge in [0.25, 0.3) is 5.91 Å². The van der Waals surface area contributed by atoms with E-state index < -0.39 is 5.91 Å². The maximum atomic E-state index is 12.3. The Morgan fingerprint density at radius 2 is 2.14 bits per heavy atom. The number of thiocarbonyl (C=S) groups is 1. The van der Waals surface area contributed by atoms with E-state index in [9.17, 15) is 4.79 Å². The fourth-order valence-corrected chi connectivity index (χ4v) is 2.49. The minimum absolute atomic E-state index is 0.121. The summed E-state index contributed by atoms with van der Waals surface area (Å²) in [4.78, 5) is 16.2. The van der Waals surface area contributed by atoms with Gasteiger partial charge in [0, 0.05) is 11.2 Å². The monoisotopic (exact) mass is 355 g/mol. The zero-order chi connectivity index (χ0) is 16.1. The summed E-state index contributed by atoms with van der Waals surface area (Å²) in [6.45, 7) is 0. The minimum Gasteiger partial charge on any atom is -0.494 e. The fourth-order valence-electron chi connectivity index (χ4n) is 1.71. The zero-order valence-corrected chi connectivity index (χ0v) is 13.7. The number of hydrogen-bond donors (Lipinski definition) is 2. The van der Waals surface area contributed by atoms with E-state index in [4.69, 9.17) is 40.2 Å². The zero-order valence-electron chi connectivity index (χ0n) is 11.4. The average molecular weight is 356 g/mol. The summed E-state index contributed by atoms with van der Waals surface area (Å²) in [5, 5.41) is 6.05. The van der Waals surface area contributed by atoms with Crippen LogP contribution in [0.5, 0.6) is 5.75 Å². The van der Waals surface area contributed by atoms with E-state index in [2.05, 4.69) is 15.6 Å². The second kappa shape index (κ2) is 7.40. The van der Waals surface area contributed by atoms with Crippen LogP contribution < -0.4 is 15.4 Å². The van der Waals surface area contributed by atoms with Gasteiger partial charge in [-0.25, -0.2) is 0 Å². The Hall–Kier alpha value is -1.89. The van der Waals surface area contributed by atoms with Crippen molar-refractivity contribution in [3.63, 3.8) is 0 Å². The first-order valence-electron chi connectivity index (χ1n) is 6.06. The van der Waals surface area contributed by atoms with E-state index in [0.29, 0.717) is 10.7 Å². The van der Waals surface area contributed by atoms with Gasteiger partial charge in [-0.3, -0.25) is 15.1 Å². The van der Waals surface area contributed by atoms with Gasteiger partial charge in [0.1, 0.15) is 5.75 Å². The van der Waals surface area contributed by atoms with Crippen molar-refractivity contribution in [1.29, 1.82) is 0 Å². The number of anilines is 1. The van der Waals surface area contributed by atoms with Gasteiger partial charge in [-0.2, -0.15) is 0 Å². The number of rotatable bonds is 3. The van der Waals surface area contributed by atoms with Gasteiger partial charge >= 0.3 is 0 Å². The number of methoxy groups -OCH3 is 1. The van der Waals surface area contributed by atoms with E-state index in [1.807, 2.05) is 0 Å². The Morgan fingerprint density at radius 3 is 2.77 bits per heavy atom. The molecule has 0 spiro atoms. The van der Waals surface area contributed by atoms with Gasteiger partial charge in [0.15, 0.2) is 5.11 Å². The van der Waals surface area contributed by atoms with Gasteiger partial charge in [-0.1, -0.05) is 23.2 Å². The molecule has 0 atom stereocenters. The van der Waals surface area contributed by atoms with Crippen molar-refractivity contribution >= 4 is 52.1 Å². The van der Waals surface area contributed by atoms with Crippen molar-refractivity contribution in [3.8, 4) is 5.75 Å². The molecule has 114 valence electrons. The molecule has 0 fully saturated rings. The molecule has 0 radical (unpaired) electrons. The molecule has 8 heteroatoms.